The number of rotatable bonds is 8. The molecule has 21 heavy (non-hydrogen) atoms. The van der Waals surface area contributed by atoms with E-state index in [1.807, 2.05) is 6.07 Å². The van der Waals surface area contributed by atoms with Crippen LogP contribution in [0.3, 0.4) is 0 Å². The van der Waals surface area contributed by atoms with Crippen LogP contribution in [0, 0.1) is 0 Å². The molecule has 2 rings (SSSR count). The fourth-order valence-corrected chi connectivity index (χ4v) is 2.96. The molecule has 0 fully saturated rings. The van der Waals surface area contributed by atoms with Gasteiger partial charge in [0.05, 0.1) is 17.7 Å². The van der Waals surface area contributed by atoms with Gasteiger partial charge in [-0.1, -0.05) is 19.1 Å². The number of nitrogens with one attached hydrogen (secondary N) is 2. The summed E-state index contributed by atoms with van der Waals surface area (Å²) in [6.07, 6.45) is 2.56. The lowest BCUT2D eigenvalue weighted by molar-refractivity contribution is 0.498. The van der Waals surface area contributed by atoms with Gasteiger partial charge in [0, 0.05) is 6.54 Å². The largest absolute Gasteiger partial charge is 0.468 e. The summed E-state index contributed by atoms with van der Waals surface area (Å²) in [5.41, 5.74) is 0.948. The molecule has 0 aliphatic carbocycles. The van der Waals surface area contributed by atoms with E-state index >= 15 is 0 Å². The first-order valence-electron chi connectivity index (χ1n) is 6.93. The lowest BCUT2D eigenvalue weighted by Crippen LogP contribution is -2.23. The van der Waals surface area contributed by atoms with Crippen LogP contribution in [0.4, 0.5) is 0 Å². The maximum absolute atomic E-state index is 12.2. The van der Waals surface area contributed by atoms with Crippen LogP contribution in [0.1, 0.15) is 24.7 Å². The molecule has 1 aromatic heterocycles. The fraction of sp³-hybridized carbons (Fsp3) is 0.333. The van der Waals surface area contributed by atoms with E-state index in [9.17, 15) is 8.42 Å². The summed E-state index contributed by atoms with van der Waals surface area (Å²) < 4.78 is 32.1. The average molecular weight is 308 g/mol. The van der Waals surface area contributed by atoms with Gasteiger partial charge in [-0.3, -0.25) is 0 Å². The third-order valence-electron chi connectivity index (χ3n) is 2.98. The molecule has 0 saturated heterocycles. The van der Waals surface area contributed by atoms with Crippen molar-refractivity contribution in [2.24, 2.45) is 0 Å². The van der Waals surface area contributed by atoms with E-state index in [-0.39, 0.29) is 11.4 Å². The minimum Gasteiger partial charge on any atom is -0.468 e. The molecule has 0 unspecified atom stereocenters. The molecule has 1 heterocycles. The van der Waals surface area contributed by atoms with Gasteiger partial charge in [0.15, 0.2) is 0 Å². The van der Waals surface area contributed by atoms with Gasteiger partial charge in [0.25, 0.3) is 0 Å². The fourth-order valence-electron chi connectivity index (χ4n) is 1.89. The summed E-state index contributed by atoms with van der Waals surface area (Å²) in [6, 6.07) is 10.4. The molecule has 5 nitrogen and oxygen atoms in total. The predicted octanol–water partition coefficient (Wildman–Crippen LogP) is 2.26. The Morgan fingerprint density at radius 3 is 2.71 bits per heavy atom. The highest BCUT2D eigenvalue weighted by Crippen LogP contribution is 2.12. The summed E-state index contributed by atoms with van der Waals surface area (Å²) in [5.74, 6) is 0.583. The standard InChI is InChI=1S/C15H20N2O3S/c1-2-8-16-11-13-5-3-7-15(10-13)21(18,19)17-12-14-6-4-9-20-14/h3-7,9-10,16-17H,2,8,11-12H2,1H3. The molecule has 2 N–H and O–H groups in total. The van der Waals surface area contributed by atoms with Crippen molar-refractivity contribution in [2.45, 2.75) is 31.3 Å². The van der Waals surface area contributed by atoms with Gasteiger partial charge in [-0.15, -0.1) is 0 Å². The van der Waals surface area contributed by atoms with Crippen molar-refractivity contribution in [1.29, 1.82) is 0 Å². The molecule has 2 aromatic rings. The molecular weight excluding hydrogens is 288 g/mol. The number of sulfonamides is 1. The normalized spacial score (nSPS) is 11.7. The van der Waals surface area contributed by atoms with Crippen molar-refractivity contribution >= 4 is 10.0 Å². The lowest BCUT2D eigenvalue weighted by Gasteiger charge is -2.08. The summed E-state index contributed by atoms with van der Waals surface area (Å²) in [5, 5.41) is 3.25. The summed E-state index contributed by atoms with van der Waals surface area (Å²) in [4.78, 5) is 0.268. The van der Waals surface area contributed by atoms with Gasteiger partial charge >= 0.3 is 0 Å². The van der Waals surface area contributed by atoms with E-state index in [1.165, 1.54) is 6.26 Å². The number of hydrogen-bond acceptors (Lipinski definition) is 4. The van der Waals surface area contributed by atoms with E-state index in [0.717, 1.165) is 18.5 Å². The van der Waals surface area contributed by atoms with E-state index in [4.69, 9.17) is 4.42 Å². The van der Waals surface area contributed by atoms with Crippen molar-refractivity contribution in [3.8, 4) is 0 Å². The van der Waals surface area contributed by atoms with Gasteiger partial charge in [-0.05, 0) is 42.8 Å². The minimum absolute atomic E-state index is 0.146. The van der Waals surface area contributed by atoms with Gasteiger partial charge in [-0.25, -0.2) is 13.1 Å². The Bertz CT molecular complexity index is 651. The molecule has 0 bridgehead atoms. The zero-order chi connectivity index (χ0) is 15.1. The van der Waals surface area contributed by atoms with E-state index in [0.29, 0.717) is 12.3 Å². The minimum atomic E-state index is -3.53. The van der Waals surface area contributed by atoms with Crippen molar-refractivity contribution < 1.29 is 12.8 Å². The molecule has 0 aliphatic heterocycles. The molecule has 0 aliphatic rings. The summed E-state index contributed by atoms with van der Waals surface area (Å²) in [6.45, 7) is 3.81. The SMILES string of the molecule is CCCNCc1cccc(S(=O)(=O)NCc2ccco2)c1. The van der Waals surface area contributed by atoms with Crippen LogP contribution in [0.25, 0.3) is 0 Å². The first kappa shape index (κ1) is 15.8. The Kier molecular flexibility index (Phi) is 5.55. The van der Waals surface area contributed by atoms with Crippen molar-refractivity contribution in [2.75, 3.05) is 6.54 Å². The molecule has 114 valence electrons. The van der Waals surface area contributed by atoms with Crippen LogP contribution < -0.4 is 10.0 Å². The third kappa shape index (κ3) is 4.70. The van der Waals surface area contributed by atoms with Gasteiger partial charge < -0.3 is 9.73 Å². The predicted molar refractivity (Wildman–Crippen MR) is 81.2 cm³/mol. The topological polar surface area (TPSA) is 71.3 Å². The first-order valence-corrected chi connectivity index (χ1v) is 8.42. The maximum Gasteiger partial charge on any atom is 0.240 e. The molecular formula is C15H20N2O3S. The Morgan fingerprint density at radius 1 is 1.14 bits per heavy atom. The summed E-state index contributed by atoms with van der Waals surface area (Å²) in [7, 11) is -3.53. The molecule has 6 heteroatoms. The molecule has 0 amide bonds. The number of hydrogen-bond donors (Lipinski definition) is 2. The molecule has 0 atom stereocenters. The van der Waals surface area contributed by atoms with Gasteiger partial charge in [0.1, 0.15) is 5.76 Å². The monoisotopic (exact) mass is 308 g/mol. The second kappa shape index (κ2) is 7.40. The van der Waals surface area contributed by atoms with Crippen LogP contribution >= 0.6 is 0 Å². The number of furan rings is 1. The molecule has 0 saturated carbocycles. The van der Waals surface area contributed by atoms with Crippen LogP contribution in [0.15, 0.2) is 52.0 Å². The third-order valence-corrected chi connectivity index (χ3v) is 4.38. The lowest BCUT2D eigenvalue weighted by atomic mass is 10.2. The quantitative estimate of drug-likeness (QED) is 0.734. The smallest absolute Gasteiger partial charge is 0.240 e. The zero-order valence-electron chi connectivity index (χ0n) is 12.0. The van der Waals surface area contributed by atoms with Crippen molar-refractivity contribution in [1.82, 2.24) is 10.0 Å². The van der Waals surface area contributed by atoms with Crippen LogP contribution in [0.5, 0.6) is 0 Å². The average Bonchev–Trinajstić information content (AvgIpc) is 2.99. The Morgan fingerprint density at radius 2 is 2.00 bits per heavy atom. The van der Waals surface area contributed by atoms with Gasteiger partial charge in [0.2, 0.25) is 10.0 Å². The highest BCUT2D eigenvalue weighted by Gasteiger charge is 2.14. The van der Waals surface area contributed by atoms with E-state index in [1.54, 1.807) is 30.3 Å². The van der Waals surface area contributed by atoms with E-state index < -0.39 is 10.0 Å². The first-order chi connectivity index (χ1) is 10.1. The van der Waals surface area contributed by atoms with Crippen LogP contribution in [0.2, 0.25) is 0 Å². The molecule has 0 spiro atoms. The van der Waals surface area contributed by atoms with Crippen LogP contribution in [-0.2, 0) is 23.1 Å². The second-order valence-electron chi connectivity index (χ2n) is 4.73. The van der Waals surface area contributed by atoms with Crippen LogP contribution in [-0.4, -0.2) is 15.0 Å². The zero-order valence-corrected chi connectivity index (χ0v) is 12.8. The summed E-state index contributed by atoms with van der Waals surface area (Å²) >= 11 is 0. The Hall–Kier alpha value is -1.63. The molecule has 0 radical (unpaired) electrons. The van der Waals surface area contributed by atoms with Crippen molar-refractivity contribution in [3.05, 3.63) is 54.0 Å². The highest BCUT2D eigenvalue weighted by molar-refractivity contribution is 7.89. The number of benzene rings is 1. The Balaban J connectivity index is 2.03. The van der Waals surface area contributed by atoms with Crippen molar-refractivity contribution in [3.63, 3.8) is 0 Å². The molecule has 1 aromatic carbocycles. The van der Waals surface area contributed by atoms with Gasteiger partial charge in [-0.2, -0.15) is 0 Å². The Labute approximate surface area is 125 Å². The second-order valence-corrected chi connectivity index (χ2v) is 6.50. The van der Waals surface area contributed by atoms with E-state index in [2.05, 4.69) is 17.0 Å². The highest BCUT2D eigenvalue weighted by atomic mass is 32.2. The maximum atomic E-state index is 12.2.